The molecule has 0 radical (unpaired) electrons. The highest BCUT2D eigenvalue weighted by Gasteiger charge is 2.14. The summed E-state index contributed by atoms with van der Waals surface area (Å²) in [5.74, 6) is 0. The van der Waals surface area contributed by atoms with E-state index in [1.54, 1.807) is 6.07 Å². The van der Waals surface area contributed by atoms with Crippen LogP contribution in [0.25, 0.3) is 0 Å². The van der Waals surface area contributed by atoms with Crippen molar-refractivity contribution in [3.05, 3.63) is 62.0 Å². The predicted octanol–water partition coefficient (Wildman–Crippen LogP) is 5.56. The molecule has 21 heavy (non-hydrogen) atoms. The predicted molar refractivity (Wildman–Crippen MR) is 98.5 cm³/mol. The van der Waals surface area contributed by atoms with Gasteiger partial charge in [0.25, 0.3) is 0 Å². The van der Waals surface area contributed by atoms with E-state index in [1.807, 2.05) is 37.3 Å². The van der Waals surface area contributed by atoms with Gasteiger partial charge in [-0.05, 0) is 52.7 Å². The Bertz CT molecular complexity index is 691. The number of nitrogens with two attached hydrogens (primary N) is 1. The lowest BCUT2D eigenvalue weighted by atomic mass is 10.1. The maximum absolute atomic E-state index is 6.24. The van der Waals surface area contributed by atoms with Gasteiger partial charge in [-0.25, -0.2) is 0 Å². The molecule has 2 nitrogen and oxygen atoms in total. The van der Waals surface area contributed by atoms with E-state index in [9.17, 15) is 0 Å². The van der Waals surface area contributed by atoms with Crippen LogP contribution in [0.2, 0.25) is 10.0 Å². The van der Waals surface area contributed by atoms with Crippen LogP contribution in [-0.2, 0) is 0 Å². The molecule has 0 aliphatic carbocycles. The van der Waals surface area contributed by atoms with Crippen LogP contribution in [0.3, 0.4) is 0 Å². The van der Waals surface area contributed by atoms with Gasteiger partial charge in [0.15, 0.2) is 0 Å². The van der Waals surface area contributed by atoms with Crippen molar-refractivity contribution in [2.75, 3.05) is 5.32 Å². The molecule has 6 heteroatoms. The summed E-state index contributed by atoms with van der Waals surface area (Å²) < 4.78 is 0.856. The summed E-state index contributed by atoms with van der Waals surface area (Å²) in [6, 6.07) is 11.2. The van der Waals surface area contributed by atoms with Gasteiger partial charge in [-0.15, -0.1) is 0 Å². The minimum absolute atomic E-state index is 0.0165. The largest absolute Gasteiger partial charge is 0.389 e. The van der Waals surface area contributed by atoms with Crippen LogP contribution in [0.4, 0.5) is 5.69 Å². The summed E-state index contributed by atoms with van der Waals surface area (Å²) >= 11 is 20.7. The van der Waals surface area contributed by atoms with E-state index in [-0.39, 0.29) is 6.04 Å². The smallest absolute Gasteiger partial charge is 0.107 e. The molecule has 0 fully saturated rings. The molecule has 3 N–H and O–H groups in total. The molecule has 0 aliphatic heterocycles. The fourth-order valence-corrected chi connectivity index (χ4v) is 3.56. The molecule has 0 aromatic heterocycles. The van der Waals surface area contributed by atoms with Crippen LogP contribution in [-0.4, -0.2) is 4.99 Å². The second-order valence-electron chi connectivity index (χ2n) is 4.56. The molecule has 1 atom stereocenters. The Hall–Kier alpha value is -0.810. The summed E-state index contributed by atoms with van der Waals surface area (Å²) in [4.78, 5) is 0.333. The summed E-state index contributed by atoms with van der Waals surface area (Å²) in [5, 5.41) is 4.62. The van der Waals surface area contributed by atoms with Gasteiger partial charge >= 0.3 is 0 Å². The first kappa shape index (κ1) is 16.6. The Kier molecular flexibility index (Phi) is 5.49. The van der Waals surface area contributed by atoms with Crippen LogP contribution < -0.4 is 11.1 Å². The SMILES string of the molecule is CC(Nc1cccc(Br)c1C(N)=S)c1ccc(Cl)cc1Cl. The summed E-state index contributed by atoms with van der Waals surface area (Å²) in [6.45, 7) is 2.01. The Labute approximate surface area is 147 Å². The van der Waals surface area contributed by atoms with Gasteiger partial charge in [0, 0.05) is 25.8 Å². The average molecular weight is 404 g/mol. The lowest BCUT2D eigenvalue weighted by molar-refractivity contribution is 0.884. The third kappa shape index (κ3) is 3.89. The van der Waals surface area contributed by atoms with E-state index in [0.717, 1.165) is 21.3 Å². The molecule has 110 valence electrons. The Morgan fingerprint density at radius 2 is 2.00 bits per heavy atom. The summed E-state index contributed by atoms with van der Waals surface area (Å²) in [6.07, 6.45) is 0. The zero-order chi connectivity index (χ0) is 15.6. The molecule has 2 rings (SSSR count). The molecule has 0 spiro atoms. The molecule has 0 bridgehead atoms. The van der Waals surface area contributed by atoms with Crippen LogP contribution >= 0.6 is 51.3 Å². The molecule has 0 saturated carbocycles. The Morgan fingerprint density at radius 3 is 2.62 bits per heavy atom. The number of nitrogens with one attached hydrogen (secondary N) is 1. The second-order valence-corrected chi connectivity index (χ2v) is 6.70. The Balaban J connectivity index is 2.34. The number of rotatable bonds is 4. The molecular formula is C15H13BrCl2N2S. The third-order valence-electron chi connectivity index (χ3n) is 3.06. The lowest BCUT2D eigenvalue weighted by Gasteiger charge is -2.20. The minimum atomic E-state index is -0.0165. The maximum atomic E-state index is 6.24. The lowest BCUT2D eigenvalue weighted by Crippen LogP contribution is -2.16. The van der Waals surface area contributed by atoms with Crippen molar-refractivity contribution in [1.29, 1.82) is 0 Å². The van der Waals surface area contributed by atoms with Crippen molar-refractivity contribution in [2.45, 2.75) is 13.0 Å². The standard InChI is InChI=1S/C15H13BrCl2N2S/c1-8(10-6-5-9(17)7-12(10)18)20-13-4-2-3-11(16)14(13)15(19)21/h2-8,20H,1H3,(H2,19,21). The molecule has 2 aromatic carbocycles. The van der Waals surface area contributed by atoms with E-state index >= 15 is 0 Å². The third-order valence-corrected chi connectivity index (χ3v) is 4.49. The highest BCUT2D eigenvalue weighted by Crippen LogP contribution is 2.31. The molecule has 1 unspecified atom stereocenters. The zero-order valence-corrected chi connectivity index (χ0v) is 15.1. The van der Waals surface area contributed by atoms with Gasteiger partial charge in [0.2, 0.25) is 0 Å². The highest BCUT2D eigenvalue weighted by atomic mass is 79.9. The molecule has 0 heterocycles. The fourth-order valence-electron chi connectivity index (χ4n) is 2.06. The monoisotopic (exact) mass is 402 g/mol. The van der Waals surface area contributed by atoms with Crippen LogP contribution in [0.1, 0.15) is 24.1 Å². The normalized spacial score (nSPS) is 12.0. The van der Waals surface area contributed by atoms with Crippen molar-refractivity contribution in [3.8, 4) is 0 Å². The first-order valence-corrected chi connectivity index (χ1v) is 8.15. The van der Waals surface area contributed by atoms with Gasteiger partial charge in [0.1, 0.15) is 4.99 Å². The fraction of sp³-hybridized carbons (Fsp3) is 0.133. The van der Waals surface area contributed by atoms with Gasteiger partial charge in [-0.2, -0.15) is 0 Å². The average Bonchev–Trinajstić information content (AvgIpc) is 2.37. The van der Waals surface area contributed by atoms with Crippen LogP contribution in [0.5, 0.6) is 0 Å². The number of hydrogen-bond acceptors (Lipinski definition) is 2. The quantitative estimate of drug-likeness (QED) is 0.656. The molecular weight excluding hydrogens is 391 g/mol. The minimum Gasteiger partial charge on any atom is -0.389 e. The van der Waals surface area contributed by atoms with E-state index < -0.39 is 0 Å². The molecule has 2 aromatic rings. The summed E-state index contributed by atoms with van der Waals surface area (Å²) in [5.41, 5.74) is 8.39. The van der Waals surface area contributed by atoms with Gasteiger partial charge in [-0.1, -0.05) is 47.6 Å². The van der Waals surface area contributed by atoms with Crippen molar-refractivity contribution in [3.63, 3.8) is 0 Å². The van der Waals surface area contributed by atoms with E-state index in [0.29, 0.717) is 15.0 Å². The first-order valence-electron chi connectivity index (χ1n) is 6.20. The number of benzene rings is 2. The molecule has 0 saturated heterocycles. The van der Waals surface area contributed by atoms with Gasteiger partial charge in [0.05, 0.1) is 6.04 Å². The molecule has 0 amide bonds. The summed E-state index contributed by atoms with van der Waals surface area (Å²) in [7, 11) is 0. The van der Waals surface area contributed by atoms with E-state index in [4.69, 9.17) is 41.2 Å². The van der Waals surface area contributed by atoms with Crippen molar-refractivity contribution < 1.29 is 0 Å². The number of thiocarbonyl (C=S) groups is 1. The first-order chi connectivity index (χ1) is 9.90. The maximum Gasteiger partial charge on any atom is 0.107 e. The highest BCUT2D eigenvalue weighted by molar-refractivity contribution is 9.10. The second kappa shape index (κ2) is 6.97. The zero-order valence-electron chi connectivity index (χ0n) is 11.2. The molecule has 0 aliphatic rings. The van der Waals surface area contributed by atoms with E-state index in [2.05, 4.69) is 21.2 Å². The number of anilines is 1. The van der Waals surface area contributed by atoms with Crippen LogP contribution in [0, 0.1) is 0 Å². The number of hydrogen-bond donors (Lipinski definition) is 2. The van der Waals surface area contributed by atoms with Crippen LogP contribution in [0.15, 0.2) is 40.9 Å². The van der Waals surface area contributed by atoms with E-state index in [1.165, 1.54) is 0 Å². The van der Waals surface area contributed by atoms with Crippen molar-refractivity contribution >= 4 is 62.0 Å². The van der Waals surface area contributed by atoms with Crippen molar-refractivity contribution in [1.82, 2.24) is 0 Å². The van der Waals surface area contributed by atoms with Gasteiger partial charge < -0.3 is 11.1 Å². The van der Waals surface area contributed by atoms with Crippen molar-refractivity contribution in [2.24, 2.45) is 5.73 Å². The Morgan fingerprint density at radius 1 is 1.29 bits per heavy atom. The number of halogens is 3. The van der Waals surface area contributed by atoms with Gasteiger partial charge in [-0.3, -0.25) is 0 Å². The topological polar surface area (TPSA) is 38.0 Å².